The van der Waals surface area contributed by atoms with Crippen molar-refractivity contribution in [1.29, 1.82) is 0 Å². The molecule has 13 heteroatoms. The van der Waals surface area contributed by atoms with Crippen LogP contribution in [0.4, 0.5) is 5.82 Å². The second kappa shape index (κ2) is 10.6. The number of carboxylic acids is 1. The molecule has 5 N–H and O–H groups in total. The molecule has 35 heavy (non-hydrogen) atoms. The van der Waals surface area contributed by atoms with Crippen LogP contribution >= 0.6 is 19.0 Å². The largest absolute Gasteiger partial charge is 0.480 e. The molecule has 0 saturated heterocycles. The fourth-order valence-electron chi connectivity index (χ4n) is 3.70. The minimum absolute atomic E-state index is 0.244. The minimum atomic E-state index is -3.55. The van der Waals surface area contributed by atoms with Gasteiger partial charge in [0.15, 0.2) is 11.5 Å². The predicted octanol–water partition coefficient (Wildman–Crippen LogP) is 3.73. The number of rotatable bonds is 11. The Balaban J connectivity index is 1.77. The monoisotopic (exact) mass is 523 g/mol. The average molecular weight is 524 g/mol. The lowest BCUT2D eigenvalue weighted by molar-refractivity contribution is -0.142. The number of nitrogens with zero attached hydrogens (tertiary/aromatic N) is 4. The summed E-state index contributed by atoms with van der Waals surface area (Å²) >= 11 is 6.07. The van der Waals surface area contributed by atoms with E-state index in [2.05, 4.69) is 25.1 Å². The Bertz CT molecular complexity index is 1270. The van der Waals surface area contributed by atoms with Crippen molar-refractivity contribution >= 4 is 42.0 Å². The molecule has 3 rings (SSSR count). The van der Waals surface area contributed by atoms with Gasteiger partial charge in [0.1, 0.15) is 23.7 Å². The Morgan fingerprint density at radius 1 is 1.31 bits per heavy atom. The lowest BCUT2D eigenvalue weighted by Gasteiger charge is -2.32. The first kappa shape index (κ1) is 27.0. The maximum absolute atomic E-state index is 14.0. The topological polar surface area (TPSA) is 157 Å². The molecule has 0 saturated carbocycles. The summed E-state index contributed by atoms with van der Waals surface area (Å²) in [7, 11) is -3.55. The van der Waals surface area contributed by atoms with E-state index in [1.807, 2.05) is 32.9 Å². The highest BCUT2D eigenvalue weighted by atomic mass is 35.5. The number of imidazole rings is 1. The molecule has 3 atom stereocenters. The molecule has 2 unspecified atom stereocenters. The zero-order chi connectivity index (χ0) is 26.0. The van der Waals surface area contributed by atoms with Crippen LogP contribution in [0.15, 0.2) is 30.9 Å². The van der Waals surface area contributed by atoms with Crippen LogP contribution < -0.4 is 15.9 Å². The van der Waals surface area contributed by atoms with Gasteiger partial charge in [0.25, 0.3) is 0 Å². The number of aliphatic carboxylic acids is 1. The van der Waals surface area contributed by atoms with Gasteiger partial charge in [-0.15, -0.1) is 0 Å². The number of benzene rings is 1. The molecule has 0 bridgehead atoms. The molecule has 0 amide bonds. The van der Waals surface area contributed by atoms with Gasteiger partial charge in [0.2, 0.25) is 7.44 Å². The third-order valence-corrected chi connectivity index (χ3v) is 7.99. The third kappa shape index (κ3) is 6.56. The van der Waals surface area contributed by atoms with Crippen molar-refractivity contribution in [1.82, 2.24) is 29.7 Å². The summed E-state index contributed by atoms with van der Waals surface area (Å²) in [5, 5.41) is 16.1. The Kier molecular flexibility index (Phi) is 8.18. The molecule has 1 aromatic carbocycles. The molecule has 2 heterocycles. The van der Waals surface area contributed by atoms with E-state index < -0.39 is 25.1 Å². The number of ether oxygens (including phenoxy) is 1. The van der Waals surface area contributed by atoms with Crippen LogP contribution in [-0.2, 0) is 20.6 Å². The number of aryl methyl sites for hydroxylation is 1. The first-order chi connectivity index (χ1) is 16.3. The average Bonchev–Trinajstić information content (AvgIpc) is 3.15. The van der Waals surface area contributed by atoms with Crippen molar-refractivity contribution < 1.29 is 19.2 Å². The maximum atomic E-state index is 14.0. The highest BCUT2D eigenvalue weighted by molar-refractivity contribution is 7.59. The number of hydrogen-bond acceptors (Lipinski definition) is 7. The smallest absolute Gasteiger partial charge is 0.323 e. The number of fused-ring (bicyclic) bond motifs is 1. The second-order valence-corrected chi connectivity index (χ2v) is 11.7. The van der Waals surface area contributed by atoms with Gasteiger partial charge in [-0.2, -0.15) is 0 Å². The van der Waals surface area contributed by atoms with Crippen molar-refractivity contribution in [2.45, 2.75) is 58.8 Å². The molecule has 0 fully saturated rings. The molecule has 3 aromatic rings. The predicted molar refractivity (Wildman–Crippen MR) is 135 cm³/mol. The molecule has 0 radical (unpaired) electrons. The summed E-state index contributed by atoms with van der Waals surface area (Å²) < 4.78 is 21.7. The summed E-state index contributed by atoms with van der Waals surface area (Å²) in [5.74, 6) is -0.854. The van der Waals surface area contributed by atoms with Gasteiger partial charge >= 0.3 is 5.97 Å². The number of anilines is 1. The number of halogens is 1. The number of hydrogen-bond donors (Lipinski definition) is 4. The summed E-state index contributed by atoms with van der Waals surface area (Å²) in [6, 6.07) is 5.06. The van der Waals surface area contributed by atoms with Crippen molar-refractivity contribution in [3.63, 3.8) is 0 Å². The molecule has 190 valence electrons. The van der Waals surface area contributed by atoms with Gasteiger partial charge in [-0.3, -0.25) is 9.36 Å². The first-order valence-electron chi connectivity index (χ1n) is 11.0. The Hall–Kier alpha value is -2.56. The lowest BCUT2D eigenvalue weighted by atomic mass is 10.0. The number of nitrogen functional groups attached to an aromatic ring is 1. The van der Waals surface area contributed by atoms with E-state index >= 15 is 0 Å². The quantitative estimate of drug-likeness (QED) is 0.273. The Morgan fingerprint density at radius 3 is 2.69 bits per heavy atom. The van der Waals surface area contributed by atoms with E-state index in [0.29, 0.717) is 22.7 Å². The van der Waals surface area contributed by atoms with Crippen molar-refractivity contribution in [3.05, 3.63) is 47.0 Å². The van der Waals surface area contributed by atoms with Gasteiger partial charge in [0, 0.05) is 11.1 Å². The van der Waals surface area contributed by atoms with E-state index in [-0.39, 0.29) is 18.2 Å². The van der Waals surface area contributed by atoms with Gasteiger partial charge < -0.3 is 20.1 Å². The minimum Gasteiger partial charge on any atom is -0.480 e. The van der Waals surface area contributed by atoms with Gasteiger partial charge in [-0.25, -0.2) is 25.1 Å². The molecule has 0 aliphatic heterocycles. The van der Waals surface area contributed by atoms with E-state index in [1.54, 1.807) is 17.0 Å². The highest BCUT2D eigenvalue weighted by Crippen LogP contribution is 2.42. The van der Waals surface area contributed by atoms with Crippen LogP contribution in [0.3, 0.4) is 0 Å². The number of nitrogens with one attached hydrogen (secondary N) is 2. The van der Waals surface area contributed by atoms with Crippen LogP contribution in [-0.4, -0.2) is 48.6 Å². The molecule has 11 nitrogen and oxygen atoms in total. The van der Waals surface area contributed by atoms with Crippen molar-refractivity contribution in [2.24, 2.45) is 0 Å². The van der Waals surface area contributed by atoms with Crippen LogP contribution in [0.5, 0.6) is 0 Å². The van der Waals surface area contributed by atoms with E-state index in [4.69, 9.17) is 22.1 Å². The van der Waals surface area contributed by atoms with E-state index in [0.717, 1.165) is 11.1 Å². The second-order valence-electron chi connectivity index (χ2n) is 9.07. The number of carboxylic acid groups (broad SMARTS) is 1. The van der Waals surface area contributed by atoms with Gasteiger partial charge in [-0.1, -0.05) is 17.7 Å². The van der Waals surface area contributed by atoms with Crippen LogP contribution in [0.25, 0.3) is 11.2 Å². The van der Waals surface area contributed by atoms with Crippen LogP contribution in [0.1, 0.15) is 44.9 Å². The Labute approximate surface area is 208 Å². The molecule has 0 spiro atoms. The highest BCUT2D eigenvalue weighted by Gasteiger charge is 2.37. The van der Waals surface area contributed by atoms with E-state index in [9.17, 15) is 14.5 Å². The molecular weight excluding hydrogens is 493 g/mol. The zero-order valence-electron chi connectivity index (χ0n) is 20.3. The van der Waals surface area contributed by atoms with Gasteiger partial charge in [-0.05, 0) is 57.9 Å². The van der Waals surface area contributed by atoms with Crippen molar-refractivity contribution in [3.8, 4) is 0 Å². The molecule has 2 aromatic heterocycles. The normalized spacial score (nSPS) is 15.6. The first-order valence-corrected chi connectivity index (χ1v) is 13.3. The number of nitrogens with two attached hydrogens (primary N) is 1. The van der Waals surface area contributed by atoms with Crippen molar-refractivity contribution in [2.75, 3.05) is 12.1 Å². The summed E-state index contributed by atoms with van der Waals surface area (Å²) in [6.07, 6.45) is 2.30. The van der Waals surface area contributed by atoms with Crippen LogP contribution in [0, 0.1) is 6.92 Å². The maximum Gasteiger partial charge on any atom is 0.323 e. The number of aromatic nitrogens is 4. The zero-order valence-corrected chi connectivity index (χ0v) is 22.0. The standard InChI is InChI=1S/C22H31ClN7O4P/c1-13-8-16(23)6-7-17(13)15(3)28-35(33,29-22(4,5)21(31)32)12-34-14(2)9-30-11-27-18-19(24)25-10-26-20(18)30/h6-8,10-11,14-15H,9,12H2,1-5H3,(H,31,32)(H2,24,25,26)(H2,28,29,33)/t14?,15-,35?/m0/s1. The van der Waals surface area contributed by atoms with Crippen LogP contribution in [0.2, 0.25) is 5.02 Å². The SMILES string of the molecule is Cc1cc(Cl)ccc1[C@H](C)NP(=O)(COC(C)Cn1cnc2c(N)ncnc21)NC(C)(C)C(=O)O. The lowest BCUT2D eigenvalue weighted by Crippen LogP contribution is -2.48. The summed E-state index contributed by atoms with van der Waals surface area (Å²) in [5.41, 5.74) is 7.25. The fourth-order valence-corrected chi connectivity index (χ4v) is 6.36. The third-order valence-electron chi connectivity index (χ3n) is 5.52. The summed E-state index contributed by atoms with van der Waals surface area (Å²) in [6.45, 7) is 8.84. The van der Waals surface area contributed by atoms with Gasteiger partial charge in [0.05, 0.1) is 19.0 Å². The Morgan fingerprint density at radius 2 is 2.03 bits per heavy atom. The molecule has 0 aliphatic rings. The number of carbonyl (C=O) groups is 1. The fraction of sp³-hybridized carbons (Fsp3) is 0.455. The van der Waals surface area contributed by atoms with E-state index in [1.165, 1.54) is 20.2 Å². The molecule has 0 aliphatic carbocycles. The molecular formula is C22H31ClN7O4P. The summed E-state index contributed by atoms with van der Waals surface area (Å²) in [4.78, 5) is 24.1.